The van der Waals surface area contributed by atoms with Crippen LogP contribution in [-0.4, -0.2) is 42.5 Å². The third kappa shape index (κ3) is 3.05. The van der Waals surface area contributed by atoms with Crippen LogP contribution in [0.4, 0.5) is 5.82 Å². The van der Waals surface area contributed by atoms with Crippen LogP contribution in [0.1, 0.15) is 5.56 Å². The molecule has 2 aromatic carbocycles. The van der Waals surface area contributed by atoms with E-state index in [2.05, 4.69) is 25.5 Å². The molecule has 0 saturated heterocycles. The number of H-pyrrole nitrogens is 1. The van der Waals surface area contributed by atoms with Gasteiger partial charge in [-0.2, -0.15) is 5.10 Å². The molecule has 4 aromatic rings. The summed E-state index contributed by atoms with van der Waals surface area (Å²) in [6.45, 7) is 0. The Balaban J connectivity index is 1.70. The van der Waals surface area contributed by atoms with Crippen molar-refractivity contribution in [1.29, 1.82) is 0 Å². The van der Waals surface area contributed by atoms with E-state index in [1.807, 2.05) is 36.4 Å². The molecule has 0 amide bonds. The number of fused-ring (bicyclic) bond motifs is 3. The monoisotopic (exact) mass is 377 g/mol. The van der Waals surface area contributed by atoms with Crippen molar-refractivity contribution >= 4 is 34.0 Å². The lowest BCUT2D eigenvalue weighted by molar-refractivity contribution is 0.402. The zero-order valence-electron chi connectivity index (χ0n) is 15.7. The highest BCUT2D eigenvalue weighted by Crippen LogP contribution is 2.33. The van der Waals surface area contributed by atoms with E-state index in [9.17, 15) is 0 Å². The zero-order chi connectivity index (χ0) is 19.5. The lowest BCUT2D eigenvalue weighted by Gasteiger charge is -2.07. The minimum atomic E-state index is 0.557. The first-order chi connectivity index (χ1) is 13.7. The van der Waals surface area contributed by atoms with Gasteiger partial charge in [-0.25, -0.2) is 9.97 Å². The van der Waals surface area contributed by atoms with Crippen LogP contribution in [0.2, 0.25) is 0 Å². The summed E-state index contributed by atoms with van der Waals surface area (Å²) in [6.07, 6.45) is 3.14. The Bertz CT molecular complexity index is 1170. The molecular weight excluding hydrogens is 358 g/mol. The quantitative estimate of drug-likeness (QED) is 0.394. The topological polar surface area (TPSA) is 93.6 Å². The first kappa shape index (κ1) is 17.6. The van der Waals surface area contributed by atoms with Gasteiger partial charge < -0.3 is 19.2 Å². The largest absolute Gasteiger partial charge is 0.497 e. The van der Waals surface area contributed by atoms with E-state index < -0.39 is 0 Å². The van der Waals surface area contributed by atoms with Gasteiger partial charge in [-0.05, 0) is 30.3 Å². The average molecular weight is 377 g/mol. The summed E-state index contributed by atoms with van der Waals surface area (Å²) in [4.78, 5) is 12.0. The molecular formula is C20H19N5O3. The number of hydrogen-bond acceptors (Lipinski definition) is 7. The number of hydrazone groups is 1. The van der Waals surface area contributed by atoms with Crippen LogP contribution >= 0.6 is 0 Å². The fraction of sp³-hybridized carbons (Fsp3) is 0.150. The van der Waals surface area contributed by atoms with E-state index in [4.69, 9.17) is 14.2 Å². The van der Waals surface area contributed by atoms with Gasteiger partial charge in [-0.3, -0.25) is 5.43 Å². The standard InChI is InChI=1S/C20H19N5O3/c1-26-13-7-8-15(27-2)12(9-13)10-23-25-20-19-18(21-11-22-20)17-14(24-19)5-4-6-16(17)28-3/h4-11,24H,1-3H3,(H,21,22,25). The first-order valence-electron chi connectivity index (χ1n) is 8.55. The molecule has 4 rings (SSSR count). The Hall–Kier alpha value is -3.81. The summed E-state index contributed by atoms with van der Waals surface area (Å²) in [5.41, 5.74) is 6.17. The zero-order valence-corrected chi connectivity index (χ0v) is 15.7. The van der Waals surface area contributed by atoms with Crippen molar-refractivity contribution in [2.75, 3.05) is 26.8 Å². The molecule has 2 aromatic heterocycles. The second-order valence-electron chi connectivity index (χ2n) is 5.93. The third-order valence-corrected chi connectivity index (χ3v) is 4.40. The predicted octanol–water partition coefficient (Wildman–Crippen LogP) is 3.58. The molecule has 0 aliphatic heterocycles. The van der Waals surface area contributed by atoms with Crippen LogP contribution in [0.25, 0.3) is 21.9 Å². The number of ether oxygens (including phenoxy) is 3. The van der Waals surface area contributed by atoms with Crippen LogP contribution in [0, 0.1) is 0 Å². The highest BCUT2D eigenvalue weighted by Gasteiger charge is 2.13. The number of methoxy groups -OCH3 is 3. The molecule has 0 radical (unpaired) electrons. The molecule has 2 N–H and O–H groups in total. The molecule has 2 heterocycles. The highest BCUT2D eigenvalue weighted by atomic mass is 16.5. The van der Waals surface area contributed by atoms with Gasteiger partial charge in [0.05, 0.1) is 38.4 Å². The summed E-state index contributed by atoms with van der Waals surface area (Å²) >= 11 is 0. The van der Waals surface area contributed by atoms with Crippen LogP contribution in [0.15, 0.2) is 47.8 Å². The van der Waals surface area contributed by atoms with Crippen LogP contribution in [0.5, 0.6) is 17.2 Å². The van der Waals surface area contributed by atoms with Crippen molar-refractivity contribution in [3.8, 4) is 17.2 Å². The molecule has 0 aliphatic rings. The number of rotatable bonds is 6. The fourth-order valence-electron chi connectivity index (χ4n) is 3.07. The van der Waals surface area contributed by atoms with Crippen LogP contribution < -0.4 is 19.6 Å². The number of aromatic amines is 1. The van der Waals surface area contributed by atoms with Crippen LogP contribution in [-0.2, 0) is 0 Å². The van der Waals surface area contributed by atoms with Gasteiger partial charge in [-0.15, -0.1) is 0 Å². The lowest BCUT2D eigenvalue weighted by atomic mass is 10.2. The summed E-state index contributed by atoms with van der Waals surface area (Å²) in [5.74, 6) is 2.71. The Morgan fingerprint density at radius 2 is 1.86 bits per heavy atom. The molecule has 142 valence electrons. The molecule has 0 aliphatic carbocycles. The Morgan fingerprint density at radius 3 is 2.64 bits per heavy atom. The summed E-state index contributed by atoms with van der Waals surface area (Å²) < 4.78 is 16.1. The van der Waals surface area contributed by atoms with Crippen molar-refractivity contribution in [1.82, 2.24) is 15.0 Å². The Morgan fingerprint density at radius 1 is 1.00 bits per heavy atom. The third-order valence-electron chi connectivity index (χ3n) is 4.40. The van der Waals surface area contributed by atoms with E-state index in [-0.39, 0.29) is 0 Å². The maximum atomic E-state index is 5.46. The molecule has 8 heteroatoms. The van der Waals surface area contributed by atoms with E-state index in [0.717, 1.165) is 39.0 Å². The van der Waals surface area contributed by atoms with E-state index in [1.165, 1.54) is 6.33 Å². The maximum Gasteiger partial charge on any atom is 0.174 e. The minimum absolute atomic E-state index is 0.557. The number of benzene rings is 2. The van der Waals surface area contributed by atoms with Crippen molar-refractivity contribution in [2.45, 2.75) is 0 Å². The SMILES string of the molecule is COc1ccc(OC)c(C=NNc2ncnc3c2[nH]c2cccc(OC)c23)c1. The smallest absolute Gasteiger partial charge is 0.174 e. The van der Waals surface area contributed by atoms with Gasteiger partial charge in [-0.1, -0.05) is 6.07 Å². The van der Waals surface area contributed by atoms with Crippen LogP contribution in [0.3, 0.4) is 0 Å². The van der Waals surface area contributed by atoms with Crippen molar-refractivity contribution < 1.29 is 14.2 Å². The Labute approximate surface area is 161 Å². The highest BCUT2D eigenvalue weighted by molar-refractivity contribution is 6.11. The first-order valence-corrected chi connectivity index (χ1v) is 8.55. The molecule has 8 nitrogen and oxygen atoms in total. The second-order valence-corrected chi connectivity index (χ2v) is 5.93. The van der Waals surface area contributed by atoms with Gasteiger partial charge in [0.25, 0.3) is 0 Å². The van der Waals surface area contributed by atoms with E-state index in [0.29, 0.717) is 11.6 Å². The molecule has 0 spiro atoms. The summed E-state index contributed by atoms with van der Waals surface area (Å²) in [7, 11) is 4.86. The van der Waals surface area contributed by atoms with Gasteiger partial charge in [0.15, 0.2) is 5.82 Å². The summed E-state index contributed by atoms with van der Waals surface area (Å²) in [5, 5.41) is 5.21. The average Bonchev–Trinajstić information content (AvgIpc) is 3.13. The number of nitrogens with zero attached hydrogens (tertiary/aromatic N) is 3. The van der Waals surface area contributed by atoms with Crippen molar-refractivity contribution in [3.05, 3.63) is 48.3 Å². The van der Waals surface area contributed by atoms with E-state index >= 15 is 0 Å². The molecule has 0 unspecified atom stereocenters. The summed E-state index contributed by atoms with van der Waals surface area (Å²) in [6, 6.07) is 11.3. The molecule has 28 heavy (non-hydrogen) atoms. The van der Waals surface area contributed by atoms with Gasteiger partial charge in [0, 0.05) is 5.56 Å². The Kier molecular flexibility index (Phi) is 4.67. The van der Waals surface area contributed by atoms with Crippen molar-refractivity contribution in [3.63, 3.8) is 0 Å². The normalized spacial score (nSPS) is 11.2. The van der Waals surface area contributed by atoms with Gasteiger partial charge in [0.1, 0.15) is 34.6 Å². The predicted molar refractivity (Wildman–Crippen MR) is 109 cm³/mol. The minimum Gasteiger partial charge on any atom is -0.497 e. The van der Waals surface area contributed by atoms with Gasteiger partial charge in [0.2, 0.25) is 0 Å². The maximum absolute atomic E-state index is 5.46. The number of nitrogens with one attached hydrogen (secondary N) is 2. The molecule has 0 bridgehead atoms. The number of anilines is 1. The fourth-order valence-corrected chi connectivity index (χ4v) is 3.07. The molecule has 0 atom stereocenters. The van der Waals surface area contributed by atoms with Crippen molar-refractivity contribution in [2.24, 2.45) is 5.10 Å². The molecule has 0 fully saturated rings. The number of hydrogen-bond donors (Lipinski definition) is 2. The van der Waals surface area contributed by atoms with Gasteiger partial charge >= 0.3 is 0 Å². The number of aromatic nitrogens is 3. The second kappa shape index (κ2) is 7.43. The van der Waals surface area contributed by atoms with E-state index in [1.54, 1.807) is 27.5 Å². The molecule has 0 saturated carbocycles. The lowest BCUT2D eigenvalue weighted by Crippen LogP contribution is -1.97.